The zero-order valence-corrected chi connectivity index (χ0v) is 24.8. The molecule has 2 N–H and O–H groups in total. The molecule has 2 heterocycles. The SMILES string of the molecule is O=CNN1CCN(C(=O)/C=C/c2ccc(Sc3ccc(/C=C/C(=O)N4CCN(NC=O)CC4)cc3[N+](=O)[O-])c([N+](=O)[O-])c2)CC1. The van der Waals surface area contributed by atoms with Crippen LogP contribution < -0.4 is 10.9 Å². The molecule has 2 aliphatic heterocycles. The van der Waals surface area contributed by atoms with Gasteiger partial charge in [0, 0.05) is 76.6 Å². The molecule has 0 unspecified atom stereocenters. The highest BCUT2D eigenvalue weighted by molar-refractivity contribution is 7.99. The van der Waals surface area contributed by atoms with Gasteiger partial charge in [0.15, 0.2) is 0 Å². The fourth-order valence-corrected chi connectivity index (χ4v) is 5.64. The zero-order valence-electron chi connectivity index (χ0n) is 23.9. The summed E-state index contributed by atoms with van der Waals surface area (Å²) in [4.78, 5) is 72.5. The van der Waals surface area contributed by atoms with Crippen molar-refractivity contribution in [2.24, 2.45) is 0 Å². The van der Waals surface area contributed by atoms with E-state index in [4.69, 9.17) is 0 Å². The third-order valence-electron chi connectivity index (χ3n) is 7.07. The quantitative estimate of drug-likeness (QED) is 0.147. The molecule has 2 aromatic carbocycles. The molecule has 2 saturated heterocycles. The summed E-state index contributed by atoms with van der Waals surface area (Å²) < 4.78 is 0. The van der Waals surface area contributed by atoms with Gasteiger partial charge < -0.3 is 9.80 Å². The lowest BCUT2D eigenvalue weighted by atomic mass is 10.2. The van der Waals surface area contributed by atoms with Crippen LogP contribution in [0.15, 0.2) is 58.3 Å². The average molecular weight is 639 g/mol. The van der Waals surface area contributed by atoms with Crippen molar-refractivity contribution in [1.82, 2.24) is 30.7 Å². The van der Waals surface area contributed by atoms with Gasteiger partial charge in [-0.2, -0.15) is 0 Å². The second-order valence-electron chi connectivity index (χ2n) is 9.86. The number of piperazine rings is 2. The number of hydrogen-bond donors (Lipinski definition) is 2. The first-order valence-corrected chi connectivity index (χ1v) is 14.6. The van der Waals surface area contributed by atoms with Crippen molar-refractivity contribution in [2.75, 3.05) is 52.4 Å². The van der Waals surface area contributed by atoms with Crippen LogP contribution in [0.1, 0.15) is 11.1 Å². The lowest BCUT2D eigenvalue weighted by molar-refractivity contribution is -0.388. The number of nitrogens with one attached hydrogen (secondary N) is 2. The predicted molar refractivity (Wildman–Crippen MR) is 163 cm³/mol. The average Bonchev–Trinajstić information content (AvgIpc) is 3.04. The number of rotatable bonds is 12. The van der Waals surface area contributed by atoms with Crippen molar-refractivity contribution in [1.29, 1.82) is 0 Å². The molecule has 0 radical (unpaired) electrons. The highest BCUT2D eigenvalue weighted by Gasteiger charge is 2.23. The Kier molecular flexibility index (Phi) is 11.3. The van der Waals surface area contributed by atoms with E-state index in [1.54, 1.807) is 32.0 Å². The highest BCUT2D eigenvalue weighted by atomic mass is 32.2. The van der Waals surface area contributed by atoms with Crippen LogP contribution >= 0.6 is 11.8 Å². The van der Waals surface area contributed by atoms with E-state index in [0.29, 0.717) is 76.3 Å². The summed E-state index contributed by atoms with van der Waals surface area (Å²) in [6.07, 6.45) is 6.72. The lowest BCUT2D eigenvalue weighted by Gasteiger charge is -2.33. The molecule has 4 amide bonds. The Morgan fingerprint density at radius 2 is 1.04 bits per heavy atom. The molecule has 2 aliphatic rings. The monoisotopic (exact) mass is 638 g/mol. The summed E-state index contributed by atoms with van der Waals surface area (Å²) in [5.74, 6) is -0.550. The van der Waals surface area contributed by atoms with Crippen molar-refractivity contribution in [3.8, 4) is 0 Å². The summed E-state index contributed by atoms with van der Waals surface area (Å²) >= 11 is 0.865. The molecule has 0 aromatic heterocycles. The summed E-state index contributed by atoms with van der Waals surface area (Å²) in [5, 5.41) is 27.2. The Morgan fingerprint density at radius 3 is 1.38 bits per heavy atom. The zero-order chi connectivity index (χ0) is 32.3. The minimum absolute atomic E-state index is 0.173. The smallest absolute Gasteiger partial charge is 0.283 e. The van der Waals surface area contributed by atoms with E-state index >= 15 is 0 Å². The van der Waals surface area contributed by atoms with Crippen LogP contribution in [0.2, 0.25) is 0 Å². The van der Waals surface area contributed by atoms with Crippen LogP contribution in [0.25, 0.3) is 12.2 Å². The standard InChI is InChI=1S/C28H30N8O8S/c37-19-29-33-13-9-31(10-14-33)27(39)7-3-21-1-5-25(23(17-21)35(41)42)45-26-6-2-22(18-24(26)36(43)44)4-8-28(40)32-11-15-34(16-12-32)30-20-38/h1-8,17-20H,9-16H2,(H,29,37)(H,30,38)/b7-3+,8-4+. The summed E-state index contributed by atoms with van der Waals surface area (Å²) in [7, 11) is 0. The van der Waals surface area contributed by atoms with Gasteiger partial charge in [-0.05, 0) is 35.4 Å². The molecular weight excluding hydrogens is 608 g/mol. The Morgan fingerprint density at radius 1 is 0.667 bits per heavy atom. The normalized spacial score (nSPS) is 16.1. The number of amides is 4. The lowest BCUT2D eigenvalue weighted by Crippen LogP contribution is -2.52. The summed E-state index contributed by atoms with van der Waals surface area (Å²) in [6, 6.07) is 8.68. The van der Waals surface area contributed by atoms with Gasteiger partial charge >= 0.3 is 0 Å². The Bertz CT molecular complexity index is 1410. The van der Waals surface area contributed by atoms with Gasteiger partial charge in [-0.3, -0.25) is 50.3 Å². The number of benzene rings is 2. The molecule has 4 rings (SSSR count). The molecule has 0 spiro atoms. The number of nitro benzene ring substituents is 2. The topological polar surface area (TPSA) is 192 Å². The van der Waals surface area contributed by atoms with Gasteiger partial charge in [-0.1, -0.05) is 23.9 Å². The maximum Gasteiger partial charge on any atom is 0.283 e. The first-order valence-electron chi connectivity index (χ1n) is 13.8. The van der Waals surface area contributed by atoms with E-state index in [-0.39, 0.29) is 33.0 Å². The first-order chi connectivity index (χ1) is 21.7. The number of carbonyl (C=O) groups excluding carboxylic acids is 4. The molecule has 236 valence electrons. The molecule has 0 bridgehead atoms. The Hall–Kier alpha value is -5.13. The Balaban J connectivity index is 1.43. The third-order valence-corrected chi connectivity index (χ3v) is 8.20. The van der Waals surface area contributed by atoms with Crippen molar-refractivity contribution in [2.45, 2.75) is 9.79 Å². The maximum absolute atomic E-state index is 12.6. The molecule has 2 aromatic rings. The van der Waals surface area contributed by atoms with Gasteiger partial charge in [0.1, 0.15) is 0 Å². The number of hydrogen-bond acceptors (Lipinski definition) is 11. The molecule has 2 fully saturated rings. The minimum atomic E-state index is -0.593. The van der Waals surface area contributed by atoms with Crippen LogP contribution in [-0.2, 0) is 19.2 Å². The number of hydrazine groups is 2. The van der Waals surface area contributed by atoms with E-state index in [0.717, 1.165) is 11.8 Å². The molecule has 0 aliphatic carbocycles. The van der Waals surface area contributed by atoms with E-state index in [1.165, 1.54) is 48.6 Å². The summed E-state index contributed by atoms with van der Waals surface area (Å²) in [6.45, 7) is 3.50. The van der Waals surface area contributed by atoms with Gasteiger partial charge in [-0.15, -0.1) is 0 Å². The fourth-order valence-electron chi connectivity index (χ4n) is 4.66. The second kappa shape index (κ2) is 15.6. The largest absolute Gasteiger partial charge is 0.336 e. The van der Waals surface area contributed by atoms with Crippen LogP contribution in [-0.4, -0.2) is 107 Å². The van der Waals surface area contributed by atoms with Crippen molar-refractivity contribution < 1.29 is 29.0 Å². The number of nitrogens with zero attached hydrogens (tertiary/aromatic N) is 6. The molecule has 45 heavy (non-hydrogen) atoms. The molecule has 17 heteroatoms. The molecule has 16 nitrogen and oxygen atoms in total. The molecule has 0 atom stereocenters. The van der Waals surface area contributed by atoms with E-state index < -0.39 is 9.85 Å². The molecule has 0 saturated carbocycles. The summed E-state index contributed by atoms with van der Waals surface area (Å²) in [5.41, 5.74) is 5.33. The third kappa shape index (κ3) is 8.94. The minimum Gasteiger partial charge on any atom is -0.336 e. The van der Waals surface area contributed by atoms with Crippen molar-refractivity contribution >= 4 is 59.9 Å². The van der Waals surface area contributed by atoms with Gasteiger partial charge in [0.05, 0.1) is 19.6 Å². The molecular formula is C28H30N8O8S. The fraction of sp³-hybridized carbons (Fsp3) is 0.286. The van der Waals surface area contributed by atoms with E-state index in [9.17, 15) is 39.4 Å². The van der Waals surface area contributed by atoms with Gasteiger partial charge in [0.2, 0.25) is 24.6 Å². The number of carbonyl (C=O) groups is 4. The van der Waals surface area contributed by atoms with Gasteiger partial charge in [-0.25, -0.2) is 10.0 Å². The van der Waals surface area contributed by atoms with Crippen LogP contribution in [0.5, 0.6) is 0 Å². The predicted octanol–water partition coefficient (Wildman–Crippen LogP) is 1.29. The van der Waals surface area contributed by atoms with Crippen molar-refractivity contribution in [3.05, 3.63) is 79.9 Å². The van der Waals surface area contributed by atoms with Crippen molar-refractivity contribution in [3.63, 3.8) is 0 Å². The van der Waals surface area contributed by atoms with E-state index in [1.807, 2.05) is 0 Å². The second-order valence-corrected chi connectivity index (χ2v) is 10.9. The highest BCUT2D eigenvalue weighted by Crippen LogP contribution is 2.40. The van der Waals surface area contributed by atoms with Gasteiger partial charge in [0.25, 0.3) is 11.4 Å². The van der Waals surface area contributed by atoms with Crippen LogP contribution in [0.4, 0.5) is 11.4 Å². The first kappa shape index (κ1) is 32.8. The van der Waals surface area contributed by atoms with Crippen LogP contribution in [0.3, 0.4) is 0 Å². The number of nitro groups is 2. The Labute approximate surface area is 261 Å². The maximum atomic E-state index is 12.6. The van der Waals surface area contributed by atoms with Crippen LogP contribution in [0, 0.1) is 20.2 Å². The van der Waals surface area contributed by atoms with E-state index in [2.05, 4.69) is 10.9 Å².